The standard InChI is InChI=1S/C28H52N6O7S2/c1-8-16(5)22(34-27(39)23(17(6)9-2)33-24(36)18(29)14-42)26(38)30-13-21(35)31-20(12-15(3)4)25(37)32-19(28(40)41)10-11-43-7/h15-20,22-23,42H,8-14,29H2,1-7H3,(H,30,38)(H,31,35)(H,32,37)(H,33,36)(H,34,39)(H,40,41)/t16-,17-,18-,19-,20-,22-,23-/m0/s1. The topological polar surface area (TPSA) is 209 Å². The molecule has 0 unspecified atom stereocenters. The van der Waals surface area contributed by atoms with Crippen LogP contribution in [0.2, 0.25) is 0 Å². The van der Waals surface area contributed by atoms with Crippen molar-refractivity contribution in [2.75, 3.05) is 24.3 Å². The van der Waals surface area contributed by atoms with Gasteiger partial charge in [-0.3, -0.25) is 24.0 Å². The maximum Gasteiger partial charge on any atom is 0.326 e. The number of hydrogen-bond donors (Lipinski definition) is 8. The molecule has 0 rings (SSSR count). The summed E-state index contributed by atoms with van der Waals surface area (Å²) in [5.74, 6) is -4.06. The Bertz CT molecular complexity index is 939. The van der Waals surface area contributed by atoms with Gasteiger partial charge in [0, 0.05) is 5.75 Å². The average Bonchev–Trinajstić information content (AvgIpc) is 2.96. The minimum Gasteiger partial charge on any atom is -0.480 e. The minimum absolute atomic E-state index is 0.00590. The molecule has 15 heteroatoms. The van der Waals surface area contributed by atoms with E-state index in [-0.39, 0.29) is 36.3 Å². The maximum absolute atomic E-state index is 13.3. The maximum atomic E-state index is 13.3. The van der Waals surface area contributed by atoms with Crippen LogP contribution in [0.4, 0.5) is 0 Å². The number of carbonyl (C=O) groups is 6. The highest BCUT2D eigenvalue weighted by Gasteiger charge is 2.33. The number of thiol groups is 1. The molecule has 0 saturated carbocycles. The Labute approximate surface area is 265 Å². The monoisotopic (exact) mass is 648 g/mol. The third-order valence-electron chi connectivity index (χ3n) is 7.13. The fraction of sp³-hybridized carbons (Fsp3) is 0.786. The summed E-state index contributed by atoms with van der Waals surface area (Å²) in [4.78, 5) is 76.1. The van der Waals surface area contributed by atoms with Gasteiger partial charge in [0.2, 0.25) is 29.5 Å². The van der Waals surface area contributed by atoms with Gasteiger partial charge in [0.05, 0.1) is 12.6 Å². The number of nitrogens with two attached hydrogens (primary N) is 1. The summed E-state index contributed by atoms with van der Waals surface area (Å²) in [7, 11) is 0. The SMILES string of the molecule is CC[C@H](C)[C@H](NC(=O)[C@@H](NC(=O)[C@@H](N)CS)[C@@H](C)CC)C(=O)NCC(=O)N[C@@H](CC(C)C)C(=O)N[C@@H](CCSC)C(=O)O. The van der Waals surface area contributed by atoms with Crippen molar-refractivity contribution in [2.45, 2.75) is 97.4 Å². The molecule has 0 aliphatic carbocycles. The number of nitrogens with one attached hydrogen (secondary N) is 5. The number of carboxylic acid groups (broad SMARTS) is 1. The van der Waals surface area contributed by atoms with Gasteiger partial charge in [0.15, 0.2) is 0 Å². The van der Waals surface area contributed by atoms with Gasteiger partial charge < -0.3 is 37.4 Å². The molecule has 8 N–H and O–H groups in total. The summed E-state index contributed by atoms with van der Waals surface area (Å²) >= 11 is 5.48. The van der Waals surface area contributed by atoms with E-state index in [1.54, 1.807) is 13.8 Å². The third-order valence-corrected chi connectivity index (χ3v) is 8.16. The van der Waals surface area contributed by atoms with Crippen LogP contribution in [0.5, 0.6) is 0 Å². The van der Waals surface area contributed by atoms with Crippen molar-refractivity contribution in [3.05, 3.63) is 0 Å². The second kappa shape index (κ2) is 21.2. The van der Waals surface area contributed by atoms with Crippen LogP contribution in [-0.2, 0) is 28.8 Å². The molecule has 0 bridgehead atoms. The van der Waals surface area contributed by atoms with Gasteiger partial charge in [-0.1, -0.05) is 54.4 Å². The third kappa shape index (κ3) is 15.2. The lowest BCUT2D eigenvalue weighted by molar-refractivity contribution is -0.142. The molecule has 0 aromatic carbocycles. The Balaban J connectivity index is 5.55. The molecule has 13 nitrogen and oxygen atoms in total. The quantitative estimate of drug-likeness (QED) is 0.0803. The highest BCUT2D eigenvalue weighted by molar-refractivity contribution is 7.98. The molecule has 0 saturated heterocycles. The number of carboxylic acids is 1. The van der Waals surface area contributed by atoms with Gasteiger partial charge >= 0.3 is 5.97 Å². The zero-order valence-electron chi connectivity index (χ0n) is 26.4. The predicted octanol–water partition coefficient (Wildman–Crippen LogP) is 0.275. The summed E-state index contributed by atoms with van der Waals surface area (Å²) < 4.78 is 0. The summed E-state index contributed by atoms with van der Waals surface area (Å²) in [6.45, 7) is 10.5. The van der Waals surface area contributed by atoms with Gasteiger partial charge in [-0.15, -0.1) is 0 Å². The van der Waals surface area contributed by atoms with Crippen molar-refractivity contribution in [2.24, 2.45) is 23.5 Å². The van der Waals surface area contributed by atoms with E-state index in [2.05, 4.69) is 39.2 Å². The van der Waals surface area contributed by atoms with E-state index < -0.39 is 72.3 Å². The summed E-state index contributed by atoms with van der Waals surface area (Å²) in [5.41, 5.74) is 5.76. The predicted molar refractivity (Wildman–Crippen MR) is 172 cm³/mol. The van der Waals surface area contributed by atoms with Crippen molar-refractivity contribution in [3.63, 3.8) is 0 Å². The molecule has 43 heavy (non-hydrogen) atoms. The van der Waals surface area contributed by atoms with E-state index in [0.717, 1.165) is 0 Å². The first-order valence-electron chi connectivity index (χ1n) is 14.7. The smallest absolute Gasteiger partial charge is 0.326 e. The second-order valence-corrected chi connectivity index (χ2v) is 12.5. The van der Waals surface area contributed by atoms with Gasteiger partial charge in [0.1, 0.15) is 24.2 Å². The Morgan fingerprint density at radius 1 is 0.791 bits per heavy atom. The molecule has 7 atom stereocenters. The molecule has 0 aliphatic rings. The average molecular weight is 649 g/mol. The highest BCUT2D eigenvalue weighted by Crippen LogP contribution is 2.13. The fourth-order valence-electron chi connectivity index (χ4n) is 3.98. The molecule has 0 spiro atoms. The largest absolute Gasteiger partial charge is 0.480 e. The van der Waals surface area contributed by atoms with E-state index in [0.29, 0.717) is 18.6 Å². The second-order valence-electron chi connectivity index (χ2n) is 11.2. The summed E-state index contributed by atoms with van der Waals surface area (Å²) in [6, 6.07) is -4.94. The van der Waals surface area contributed by atoms with Crippen LogP contribution in [0.25, 0.3) is 0 Å². The van der Waals surface area contributed by atoms with Crippen LogP contribution in [0, 0.1) is 17.8 Å². The number of rotatable bonds is 21. The lowest BCUT2D eigenvalue weighted by Gasteiger charge is -2.29. The van der Waals surface area contributed by atoms with Crippen molar-refractivity contribution >= 4 is 59.9 Å². The van der Waals surface area contributed by atoms with Crippen LogP contribution < -0.4 is 32.3 Å². The van der Waals surface area contributed by atoms with Gasteiger partial charge in [-0.2, -0.15) is 24.4 Å². The molecule has 0 aromatic rings. The molecule has 0 radical (unpaired) electrons. The van der Waals surface area contributed by atoms with Crippen LogP contribution >= 0.6 is 24.4 Å². The van der Waals surface area contributed by atoms with Gasteiger partial charge in [0.25, 0.3) is 0 Å². The van der Waals surface area contributed by atoms with Crippen LogP contribution in [0.1, 0.15) is 67.2 Å². The van der Waals surface area contributed by atoms with E-state index >= 15 is 0 Å². The summed E-state index contributed by atoms with van der Waals surface area (Å²) in [6.07, 6.45) is 3.42. The summed E-state index contributed by atoms with van der Waals surface area (Å²) in [5, 5.41) is 22.4. The van der Waals surface area contributed by atoms with Crippen molar-refractivity contribution in [1.82, 2.24) is 26.6 Å². The first-order valence-corrected chi connectivity index (χ1v) is 16.7. The molecule has 0 aromatic heterocycles. The van der Waals surface area contributed by atoms with E-state index in [9.17, 15) is 33.9 Å². The van der Waals surface area contributed by atoms with Gasteiger partial charge in [-0.05, 0) is 42.6 Å². The first-order chi connectivity index (χ1) is 20.1. The highest BCUT2D eigenvalue weighted by atomic mass is 32.2. The van der Waals surface area contributed by atoms with Crippen LogP contribution in [0.15, 0.2) is 0 Å². The zero-order chi connectivity index (χ0) is 33.3. The molecule has 5 amide bonds. The zero-order valence-corrected chi connectivity index (χ0v) is 28.1. The van der Waals surface area contributed by atoms with Crippen LogP contribution in [0.3, 0.4) is 0 Å². The normalized spacial score (nSPS) is 16.0. The van der Waals surface area contributed by atoms with Gasteiger partial charge in [-0.25, -0.2) is 4.79 Å². The van der Waals surface area contributed by atoms with Crippen molar-refractivity contribution in [3.8, 4) is 0 Å². The number of amides is 5. The molecular weight excluding hydrogens is 596 g/mol. The molecule has 0 aliphatic heterocycles. The lowest BCUT2D eigenvalue weighted by Crippen LogP contribution is -2.59. The number of aliphatic carboxylic acids is 1. The molecule has 0 heterocycles. The van der Waals surface area contributed by atoms with E-state index in [4.69, 9.17) is 5.73 Å². The lowest BCUT2D eigenvalue weighted by atomic mass is 9.94. The van der Waals surface area contributed by atoms with Crippen molar-refractivity contribution in [1.29, 1.82) is 0 Å². The number of thioether (sulfide) groups is 1. The molecular formula is C28H52N6O7S2. The molecule has 0 fully saturated rings. The first kappa shape index (κ1) is 40.5. The fourth-order valence-corrected chi connectivity index (χ4v) is 4.62. The van der Waals surface area contributed by atoms with Crippen molar-refractivity contribution < 1.29 is 33.9 Å². The van der Waals surface area contributed by atoms with E-state index in [1.807, 2.05) is 34.0 Å². The Kier molecular flexibility index (Phi) is 20.0. The number of carbonyl (C=O) groups excluding carboxylic acids is 5. The minimum atomic E-state index is -1.16. The number of hydrogen-bond acceptors (Lipinski definition) is 9. The Morgan fingerprint density at radius 2 is 1.33 bits per heavy atom. The van der Waals surface area contributed by atoms with E-state index in [1.165, 1.54) is 11.8 Å². The Hall–Kier alpha value is -2.52. The molecule has 248 valence electrons. The van der Waals surface area contributed by atoms with Crippen LogP contribution in [-0.4, -0.2) is 95.1 Å². The Morgan fingerprint density at radius 3 is 1.79 bits per heavy atom.